The van der Waals surface area contributed by atoms with Crippen molar-refractivity contribution in [3.63, 3.8) is 0 Å². The summed E-state index contributed by atoms with van der Waals surface area (Å²) in [6, 6.07) is 19.3. The summed E-state index contributed by atoms with van der Waals surface area (Å²) >= 11 is 0. The van der Waals surface area contributed by atoms with Gasteiger partial charge in [0.05, 0.1) is 0 Å². The smallest absolute Gasteiger partial charge is 0.251 e. The lowest BCUT2D eigenvalue weighted by Crippen LogP contribution is -2.46. The molecule has 0 unspecified atom stereocenters. The average Bonchev–Trinajstić information content (AvgIpc) is 2.83. The van der Waals surface area contributed by atoms with Crippen molar-refractivity contribution < 1.29 is 4.79 Å². The summed E-state index contributed by atoms with van der Waals surface area (Å²) in [4.78, 5) is 19.9. The first kappa shape index (κ1) is 24.3. The Kier molecular flexibility index (Phi) is 9.57. The van der Waals surface area contributed by atoms with Crippen LogP contribution in [-0.4, -0.2) is 67.6 Å². The van der Waals surface area contributed by atoms with Crippen molar-refractivity contribution in [3.8, 4) is 0 Å². The molecule has 1 fully saturated rings. The molecule has 0 saturated carbocycles. The lowest BCUT2D eigenvalue weighted by atomic mass is 10.1. The Hall–Kier alpha value is -2.37. The van der Waals surface area contributed by atoms with Crippen LogP contribution in [0.25, 0.3) is 0 Å². The Morgan fingerprint density at radius 1 is 0.969 bits per heavy atom. The molecule has 174 valence electrons. The first-order chi connectivity index (χ1) is 15.6. The van der Waals surface area contributed by atoms with Gasteiger partial charge < -0.3 is 10.2 Å². The zero-order valence-electron chi connectivity index (χ0n) is 20.1. The van der Waals surface area contributed by atoms with Crippen LogP contribution < -0.4 is 10.2 Å². The van der Waals surface area contributed by atoms with Gasteiger partial charge in [0, 0.05) is 56.6 Å². The minimum atomic E-state index is 0.0317. The summed E-state index contributed by atoms with van der Waals surface area (Å²) in [7, 11) is 0. The number of rotatable bonds is 11. The third kappa shape index (κ3) is 7.35. The third-order valence-corrected chi connectivity index (χ3v) is 6.42. The Bertz CT molecular complexity index is 798. The van der Waals surface area contributed by atoms with Crippen LogP contribution in [0.15, 0.2) is 54.6 Å². The third-order valence-electron chi connectivity index (χ3n) is 6.42. The van der Waals surface area contributed by atoms with Gasteiger partial charge in [0.1, 0.15) is 0 Å². The number of unbranched alkanes of at least 4 members (excludes halogenated alkanes) is 1. The molecule has 1 aliphatic heterocycles. The first-order valence-corrected chi connectivity index (χ1v) is 12.2. The molecule has 0 aromatic heterocycles. The van der Waals surface area contributed by atoms with E-state index in [2.05, 4.69) is 83.3 Å². The molecule has 0 atom stereocenters. The topological polar surface area (TPSA) is 38.8 Å². The van der Waals surface area contributed by atoms with Gasteiger partial charge in [-0.3, -0.25) is 14.6 Å². The molecule has 0 spiro atoms. The molecular formula is C27H40N4O. The SMILES string of the molecule is CCN(Cc1ccc(C(=O)NCCCCN2CCN(c3ccccc3)CC2)cc1)C(C)C. The van der Waals surface area contributed by atoms with Crippen molar-refractivity contribution in [2.24, 2.45) is 0 Å². The van der Waals surface area contributed by atoms with Crippen LogP contribution in [0.5, 0.6) is 0 Å². The van der Waals surface area contributed by atoms with Gasteiger partial charge in [-0.2, -0.15) is 0 Å². The molecule has 5 heteroatoms. The van der Waals surface area contributed by atoms with Gasteiger partial charge in [-0.05, 0) is 69.6 Å². The van der Waals surface area contributed by atoms with E-state index >= 15 is 0 Å². The van der Waals surface area contributed by atoms with E-state index in [0.29, 0.717) is 6.04 Å². The highest BCUT2D eigenvalue weighted by Gasteiger charge is 2.16. The quantitative estimate of drug-likeness (QED) is 0.535. The summed E-state index contributed by atoms with van der Waals surface area (Å²) in [6.45, 7) is 14.8. The molecule has 2 aromatic rings. The molecule has 3 rings (SSSR count). The van der Waals surface area contributed by atoms with Gasteiger partial charge in [-0.25, -0.2) is 0 Å². The molecule has 0 bridgehead atoms. The van der Waals surface area contributed by atoms with Crippen molar-refractivity contribution in [1.29, 1.82) is 0 Å². The van der Waals surface area contributed by atoms with Crippen molar-refractivity contribution >= 4 is 11.6 Å². The Morgan fingerprint density at radius 2 is 1.66 bits per heavy atom. The van der Waals surface area contributed by atoms with E-state index in [1.807, 2.05) is 12.1 Å². The minimum absolute atomic E-state index is 0.0317. The predicted octanol–water partition coefficient (Wildman–Crippen LogP) is 4.25. The standard InChI is InChI=1S/C27H40N4O/c1-4-30(23(2)3)22-24-12-14-25(15-13-24)27(32)28-16-8-9-17-29-18-20-31(21-19-29)26-10-6-5-7-11-26/h5-7,10-15,23H,4,8-9,16-22H2,1-3H3,(H,28,32). The number of benzene rings is 2. The highest BCUT2D eigenvalue weighted by Crippen LogP contribution is 2.15. The second kappa shape index (κ2) is 12.6. The maximum absolute atomic E-state index is 12.4. The number of piperazine rings is 1. The average molecular weight is 437 g/mol. The molecule has 1 N–H and O–H groups in total. The summed E-state index contributed by atoms with van der Waals surface area (Å²) in [6.07, 6.45) is 2.13. The van der Waals surface area contributed by atoms with E-state index in [1.165, 1.54) is 11.3 Å². The molecule has 0 aliphatic carbocycles. The van der Waals surface area contributed by atoms with Crippen LogP contribution in [-0.2, 0) is 6.54 Å². The minimum Gasteiger partial charge on any atom is -0.369 e. The molecule has 1 saturated heterocycles. The summed E-state index contributed by atoms with van der Waals surface area (Å²) in [5.74, 6) is 0.0317. The number of anilines is 1. The monoisotopic (exact) mass is 436 g/mol. The van der Waals surface area contributed by atoms with Crippen LogP contribution in [0.3, 0.4) is 0 Å². The van der Waals surface area contributed by atoms with E-state index in [-0.39, 0.29) is 5.91 Å². The number of hydrogen-bond acceptors (Lipinski definition) is 4. The molecule has 1 heterocycles. The van der Waals surface area contributed by atoms with Crippen LogP contribution in [0.2, 0.25) is 0 Å². The number of hydrogen-bond donors (Lipinski definition) is 1. The van der Waals surface area contributed by atoms with Crippen molar-refractivity contribution in [3.05, 3.63) is 65.7 Å². The van der Waals surface area contributed by atoms with Crippen LogP contribution in [0, 0.1) is 0 Å². The largest absolute Gasteiger partial charge is 0.369 e. The predicted molar refractivity (Wildman–Crippen MR) is 134 cm³/mol. The Labute approximate surface area is 194 Å². The molecule has 2 aromatic carbocycles. The van der Waals surface area contributed by atoms with Gasteiger partial charge in [0.25, 0.3) is 5.91 Å². The van der Waals surface area contributed by atoms with Crippen LogP contribution >= 0.6 is 0 Å². The first-order valence-electron chi connectivity index (χ1n) is 12.2. The highest BCUT2D eigenvalue weighted by molar-refractivity contribution is 5.94. The number of carbonyl (C=O) groups is 1. The summed E-state index contributed by atoms with van der Waals surface area (Å²) < 4.78 is 0. The number of amides is 1. The number of nitrogens with zero attached hydrogens (tertiary/aromatic N) is 3. The van der Waals surface area contributed by atoms with E-state index in [9.17, 15) is 4.79 Å². The zero-order valence-corrected chi connectivity index (χ0v) is 20.1. The maximum Gasteiger partial charge on any atom is 0.251 e. The number of nitrogens with one attached hydrogen (secondary N) is 1. The molecule has 5 nitrogen and oxygen atoms in total. The van der Waals surface area contributed by atoms with Crippen molar-refractivity contribution in [2.75, 3.05) is 50.7 Å². The molecule has 1 amide bonds. The van der Waals surface area contributed by atoms with Crippen LogP contribution in [0.4, 0.5) is 5.69 Å². The van der Waals surface area contributed by atoms with E-state index in [0.717, 1.165) is 70.8 Å². The van der Waals surface area contributed by atoms with E-state index in [1.54, 1.807) is 0 Å². The van der Waals surface area contributed by atoms with Gasteiger partial charge in [0.15, 0.2) is 0 Å². The van der Waals surface area contributed by atoms with Gasteiger partial charge in [-0.1, -0.05) is 37.3 Å². The number of para-hydroxylation sites is 1. The normalized spacial score (nSPS) is 14.8. The fraction of sp³-hybridized carbons (Fsp3) is 0.519. The lowest BCUT2D eigenvalue weighted by molar-refractivity contribution is 0.0952. The summed E-state index contributed by atoms with van der Waals surface area (Å²) in [5, 5.41) is 3.08. The Morgan fingerprint density at radius 3 is 2.28 bits per heavy atom. The van der Waals surface area contributed by atoms with Gasteiger partial charge in [-0.15, -0.1) is 0 Å². The maximum atomic E-state index is 12.4. The molecule has 1 aliphatic rings. The molecule has 0 radical (unpaired) electrons. The van der Waals surface area contributed by atoms with E-state index < -0.39 is 0 Å². The van der Waals surface area contributed by atoms with Crippen molar-refractivity contribution in [1.82, 2.24) is 15.1 Å². The fourth-order valence-corrected chi connectivity index (χ4v) is 4.29. The van der Waals surface area contributed by atoms with Gasteiger partial charge in [0.2, 0.25) is 0 Å². The fourth-order valence-electron chi connectivity index (χ4n) is 4.29. The lowest BCUT2D eigenvalue weighted by Gasteiger charge is -2.36. The van der Waals surface area contributed by atoms with Crippen LogP contribution in [0.1, 0.15) is 49.5 Å². The molecule has 32 heavy (non-hydrogen) atoms. The van der Waals surface area contributed by atoms with E-state index in [4.69, 9.17) is 0 Å². The highest BCUT2D eigenvalue weighted by atomic mass is 16.1. The molecular weight excluding hydrogens is 396 g/mol. The number of carbonyl (C=O) groups excluding carboxylic acids is 1. The van der Waals surface area contributed by atoms with Crippen molar-refractivity contribution in [2.45, 2.75) is 46.2 Å². The zero-order chi connectivity index (χ0) is 22.8. The van der Waals surface area contributed by atoms with Gasteiger partial charge >= 0.3 is 0 Å². The second-order valence-corrected chi connectivity index (χ2v) is 8.98. The second-order valence-electron chi connectivity index (χ2n) is 8.98. The summed E-state index contributed by atoms with van der Waals surface area (Å²) in [5.41, 5.74) is 3.33. The Balaban J connectivity index is 1.30.